The van der Waals surface area contributed by atoms with Gasteiger partial charge in [0, 0.05) is 22.5 Å². The number of rotatable bonds is 6. The Balaban J connectivity index is 1.23. The van der Waals surface area contributed by atoms with Crippen molar-refractivity contribution in [2.45, 2.75) is 32.1 Å². The van der Waals surface area contributed by atoms with Gasteiger partial charge in [-0.2, -0.15) is 0 Å². The van der Waals surface area contributed by atoms with E-state index in [1.165, 1.54) is 93.7 Å². The summed E-state index contributed by atoms with van der Waals surface area (Å²) in [5.41, 5.74) is 15.9. The van der Waals surface area contributed by atoms with Gasteiger partial charge in [0.2, 0.25) is 0 Å². The molecule has 0 aliphatic heterocycles. The van der Waals surface area contributed by atoms with Gasteiger partial charge in [-0.25, -0.2) is 4.39 Å². The molecule has 0 N–H and O–H groups in total. The molecular formula is C57H42FN. The van der Waals surface area contributed by atoms with E-state index in [9.17, 15) is 4.39 Å². The van der Waals surface area contributed by atoms with Gasteiger partial charge in [0.25, 0.3) is 0 Å². The maximum Gasteiger partial charge on any atom is 0.123 e. The van der Waals surface area contributed by atoms with Crippen LogP contribution in [0.4, 0.5) is 15.8 Å². The van der Waals surface area contributed by atoms with E-state index in [1.807, 2.05) is 12.1 Å². The van der Waals surface area contributed by atoms with E-state index in [-0.39, 0.29) is 11.2 Å². The highest BCUT2D eigenvalue weighted by Gasteiger charge is 2.38. The topological polar surface area (TPSA) is 3.24 Å². The van der Waals surface area contributed by atoms with E-state index in [4.69, 9.17) is 0 Å². The second-order valence-corrected chi connectivity index (χ2v) is 16.5. The SMILES string of the molecule is CC1(C)C2=C(CCC(N(c3ccc(F)cc3)c3ccc4c(c3)c3ccccc3c3c(-c5ccccc5)cc(-c5ccccc5)c(-c5ccccc5)c43)=C2)c2ccccc21. The predicted molar refractivity (Wildman–Crippen MR) is 248 cm³/mol. The summed E-state index contributed by atoms with van der Waals surface area (Å²) < 4.78 is 14.6. The number of anilines is 2. The smallest absolute Gasteiger partial charge is 0.123 e. The van der Waals surface area contributed by atoms with Crippen LogP contribution in [0.3, 0.4) is 0 Å². The third kappa shape index (κ3) is 5.66. The van der Waals surface area contributed by atoms with Crippen molar-refractivity contribution in [2.24, 2.45) is 0 Å². The molecule has 9 aromatic carbocycles. The molecule has 2 heteroatoms. The highest BCUT2D eigenvalue weighted by atomic mass is 19.1. The molecule has 282 valence electrons. The third-order valence-electron chi connectivity index (χ3n) is 12.8. The lowest BCUT2D eigenvalue weighted by Gasteiger charge is -2.33. The zero-order chi connectivity index (χ0) is 39.7. The summed E-state index contributed by atoms with van der Waals surface area (Å²) in [5.74, 6) is -0.239. The molecule has 59 heavy (non-hydrogen) atoms. The van der Waals surface area contributed by atoms with Gasteiger partial charge >= 0.3 is 0 Å². The average Bonchev–Trinajstić information content (AvgIpc) is 3.52. The molecule has 9 aromatic rings. The number of nitrogens with zero attached hydrogens (tertiary/aromatic N) is 1. The van der Waals surface area contributed by atoms with Crippen LogP contribution >= 0.6 is 0 Å². The van der Waals surface area contributed by atoms with E-state index >= 15 is 0 Å². The van der Waals surface area contributed by atoms with Gasteiger partial charge in [0.1, 0.15) is 5.82 Å². The molecule has 0 aromatic heterocycles. The van der Waals surface area contributed by atoms with Gasteiger partial charge in [0.05, 0.1) is 0 Å². The van der Waals surface area contributed by atoms with Crippen LogP contribution in [0.15, 0.2) is 205 Å². The fourth-order valence-electron chi connectivity index (χ4n) is 10.1. The zero-order valence-electron chi connectivity index (χ0n) is 33.2. The maximum atomic E-state index is 14.6. The molecule has 0 heterocycles. The van der Waals surface area contributed by atoms with Gasteiger partial charge in [-0.15, -0.1) is 0 Å². The molecule has 0 amide bonds. The number of fused-ring (bicyclic) bond motifs is 8. The number of benzene rings is 9. The number of hydrogen-bond acceptors (Lipinski definition) is 1. The number of allylic oxidation sites excluding steroid dienone is 4. The summed E-state index contributed by atoms with van der Waals surface area (Å²) in [6, 6.07) is 66.7. The van der Waals surface area contributed by atoms with Crippen LogP contribution in [-0.2, 0) is 5.41 Å². The Labute approximate surface area is 345 Å². The zero-order valence-corrected chi connectivity index (χ0v) is 33.2. The summed E-state index contributed by atoms with van der Waals surface area (Å²) in [6.45, 7) is 4.70. The molecule has 0 bridgehead atoms. The molecule has 2 aliphatic rings. The second kappa shape index (κ2) is 13.8. The minimum Gasteiger partial charge on any atom is -0.314 e. The molecule has 0 saturated carbocycles. The van der Waals surface area contributed by atoms with E-state index in [0.29, 0.717) is 0 Å². The Morgan fingerprint density at radius 1 is 0.458 bits per heavy atom. The Bertz CT molecular complexity index is 3160. The summed E-state index contributed by atoms with van der Waals surface area (Å²) in [5, 5.41) is 7.29. The Kier molecular flexibility index (Phi) is 8.23. The van der Waals surface area contributed by atoms with Crippen molar-refractivity contribution in [3.05, 3.63) is 222 Å². The van der Waals surface area contributed by atoms with Crippen molar-refractivity contribution in [3.8, 4) is 33.4 Å². The standard InChI is InChI=1S/C57H42FN/c1-57(2)52-25-15-14-23-45(52)46-32-30-43(35-53(46)57)59(41-28-26-40(58)27-29-41)42-31-33-48-51(34-42)44-22-12-13-24-47(44)55-50(38-18-8-4-9-19-38)36-49(37-16-6-3-7-17-37)54(56(48)55)39-20-10-5-11-21-39/h3-29,31,33-36H,30,32H2,1-2H3. The number of halogens is 1. The normalized spacial score (nSPS) is 14.4. The van der Waals surface area contributed by atoms with Gasteiger partial charge in [-0.1, -0.05) is 159 Å². The minimum atomic E-state index is -0.239. The van der Waals surface area contributed by atoms with Crippen molar-refractivity contribution in [2.75, 3.05) is 4.90 Å². The lowest BCUT2D eigenvalue weighted by atomic mass is 9.79. The van der Waals surface area contributed by atoms with Crippen molar-refractivity contribution >= 4 is 49.3 Å². The van der Waals surface area contributed by atoms with Gasteiger partial charge in [0.15, 0.2) is 0 Å². The molecule has 1 nitrogen and oxygen atoms in total. The maximum absolute atomic E-state index is 14.6. The molecular weight excluding hydrogens is 718 g/mol. The second-order valence-electron chi connectivity index (χ2n) is 16.5. The Morgan fingerprint density at radius 3 is 1.75 bits per heavy atom. The van der Waals surface area contributed by atoms with Crippen LogP contribution in [0.5, 0.6) is 0 Å². The molecule has 0 radical (unpaired) electrons. The van der Waals surface area contributed by atoms with E-state index in [0.717, 1.165) is 24.2 Å². The van der Waals surface area contributed by atoms with Crippen LogP contribution in [0.25, 0.3) is 71.3 Å². The average molecular weight is 760 g/mol. The minimum absolute atomic E-state index is 0.120. The Hall–Kier alpha value is -7.03. The van der Waals surface area contributed by atoms with Crippen molar-refractivity contribution in [1.29, 1.82) is 0 Å². The van der Waals surface area contributed by atoms with E-state index in [2.05, 4.69) is 189 Å². The molecule has 0 unspecified atom stereocenters. The first-order chi connectivity index (χ1) is 29.0. The van der Waals surface area contributed by atoms with Crippen molar-refractivity contribution in [1.82, 2.24) is 0 Å². The third-order valence-corrected chi connectivity index (χ3v) is 12.8. The summed E-state index contributed by atoms with van der Waals surface area (Å²) in [4.78, 5) is 2.37. The highest BCUT2D eigenvalue weighted by Crippen LogP contribution is 2.53. The van der Waals surface area contributed by atoms with Crippen LogP contribution < -0.4 is 4.90 Å². The summed E-state index contributed by atoms with van der Waals surface area (Å²) >= 11 is 0. The van der Waals surface area contributed by atoms with Crippen LogP contribution in [0.2, 0.25) is 0 Å². The van der Waals surface area contributed by atoms with Gasteiger partial charge in [-0.05, 0) is 149 Å². The highest BCUT2D eigenvalue weighted by molar-refractivity contribution is 6.33. The molecule has 0 atom stereocenters. The first-order valence-corrected chi connectivity index (χ1v) is 20.7. The van der Waals surface area contributed by atoms with Crippen LogP contribution in [0.1, 0.15) is 37.8 Å². The van der Waals surface area contributed by atoms with Crippen molar-refractivity contribution in [3.63, 3.8) is 0 Å². The molecule has 0 saturated heterocycles. The van der Waals surface area contributed by atoms with E-state index < -0.39 is 0 Å². The Morgan fingerprint density at radius 2 is 1.03 bits per heavy atom. The molecule has 0 fully saturated rings. The summed E-state index contributed by atoms with van der Waals surface area (Å²) in [7, 11) is 0. The monoisotopic (exact) mass is 759 g/mol. The molecule has 0 spiro atoms. The molecule has 11 rings (SSSR count). The first-order valence-electron chi connectivity index (χ1n) is 20.7. The van der Waals surface area contributed by atoms with Gasteiger partial charge in [-0.3, -0.25) is 0 Å². The largest absolute Gasteiger partial charge is 0.314 e. The van der Waals surface area contributed by atoms with Crippen LogP contribution in [-0.4, -0.2) is 0 Å². The van der Waals surface area contributed by atoms with Crippen molar-refractivity contribution < 1.29 is 4.39 Å². The predicted octanol–water partition coefficient (Wildman–Crippen LogP) is 15.8. The fraction of sp³-hybridized carbons (Fsp3) is 0.0877. The molecule has 2 aliphatic carbocycles. The summed E-state index contributed by atoms with van der Waals surface area (Å²) in [6.07, 6.45) is 4.25. The van der Waals surface area contributed by atoms with Gasteiger partial charge < -0.3 is 4.90 Å². The first kappa shape index (κ1) is 35.2. The lowest BCUT2D eigenvalue weighted by Crippen LogP contribution is -2.22. The number of hydrogen-bond donors (Lipinski definition) is 0. The fourth-order valence-corrected chi connectivity index (χ4v) is 10.1. The quantitative estimate of drug-likeness (QED) is 0.153. The van der Waals surface area contributed by atoms with Crippen LogP contribution in [0, 0.1) is 5.82 Å². The van der Waals surface area contributed by atoms with E-state index in [1.54, 1.807) is 12.1 Å². The lowest BCUT2D eigenvalue weighted by molar-refractivity contribution is 0.628.